The number of carbonyl (C=O) groups is 1. The van der Waals surface area contributed by atoms with Crippen molar-refractivity contribution in [1.29, 1.82) is 0 Å². The molecular formula is C9H17NO4. The summed E-state index contributed by atoms with van der Waals surface area (Å²) < 4.78 is 9.70. The van der Waals surface area contributed by atoms with E-state index < -0.39 is 11.8 Å². The molecule has 0 aromatic heterocycles. The van der Waals surface area contributed by atoms with Crippen LogP contribution in [0.3, 0.4) is 0 Å². The highest BCUT2D eigenvalue weighted by molar-refractivity contribution is 5.78. The zero-order chi connectivity index (χ0) is 10.8. The fourth-order valence-electron chi connectivity index (χ4n) is 1.40. The van der Waals surface area contributed by atoms with E-state index in [0.29, 0.717) is 12.3 Å². The fraction of sp³-hybridized carbons (Fsp3) is 0.889. The number of carbonyl (C=O) groups excluding carboxylic acids is 1. The van der Waals surface area contributed by atoms with Crippen LogP contribution in [0, 0.1) is 5.92 Å². The van der Waals surface area contributed by atoms with Crippen LogP contribution < -0.4 is 5.48 Å². The van der Waals surface area contributed by atoms with Crippen LogP contribution in [0.1, 0.15) is 20.3 Å². The molecule has 1 aliphatic heterocycles. The molecule has 5 heteroatoms. The van der Waals surface area contributed by atoms with Gasteiger partial charge in [-0.05, 0) is 5.92 Å². The average Bonchev–Trinajstić information content (AvgIpc) is 2.62. The number of methoxy groups -OCH3 is 2. The molecule has 1 fully saturated rings. The van der Waals surface area contributed by atoms with E-state index >= 15 is 0 Å². The second-order valence-electron chi connectivity index (χ2n) is 3.72. The van der Waals surface area contributed by atoms with Gasteiger partial charge in [0.25, 0.3) is 5.79 Å². The van der Waals surface area contributed by atoms with Crippen molar-refractivity contribution in [2.75, 3.05) is 14.2 Å². The van der Waals surface area contributed by atoms with Crippen molar-refractivity contribution in [3.63, 3.8) is 0 Å². The van der Waals surface area contributed by atoms with Gasteiger partial charge in [0.05, 0.1) is 7.11 Å². The van der Waals surface area contributed by atoms with Crippen molar-refractivity contribution in [1.82, 2.24) is 5.48 Å². The van der Waals surface area contributed by atoms with Crippen LogP contribution in [-0.4, -0.2) is 32.0 Å². The minimum absolute atomic E-state index is 0.106. The number of nitrogens with one attached hydrogen (secondary N) is 1. The van der Waals surface area contributed by atoms with Crippen LogP contribution in [0.4, 0.5) is 0 Å². The van der Waals surface area contributed by atoms with Crippen LogP contribution in [0.5, 0.6) is 0 Å². The largest absolute Gasteiger partial charge is 0.465 e. The first kappa shape index (κ1) is 11.4. The molecule has 0 aromatic carbocycles. The third-order valence-electron chi connectivity index (χ3n) is 2.49. The summed E-state index contributed by atoms with van der Waals surface area (Å²) in [6, 6.07) is 0.106. The lowest BCUT2D eigenvalue weighted by molar-refractivity contribution is -0.235. The van der Waals surface area contributed by atoms with Gasteiger partial charge < -0.3 is 9.47 Å². The first-order valence-corrected chi connectivity index (χ1v) is 4.63. The first-order chi connectivity index (χ1) is 6.55. The molecule has 0 amide bonds. The Bertz CT molecular complexity index is 219. The summed E-state index contributed by atoms with van der Waals surface area (Å²) in [4.78, 5) is 16.6. The Balaban J connectivity index is 2.71. The molecule has 0 aromatic rings. The predicted molar refractivity (Wildman–Crippen MR) is 49.2 cm³/mol. The molecule has 0 radical (unpaired) electrons. The molecule has 0 aliphatic carbocycles. The SMILES string of the molecule is COC(=O)C1(OC)C[C@@H](C(C)C)NO1. The van der Waals surface area contributed by atoms with Crippen LogP contribution in [-0.2, 0) is 19.1 Å². The number of esters is 1. The Hall–Kier alpha value is -0.650. The summed E-state index contributed by atoms with van der Waals surface area (Å²) in [6.45, 7) is 4.09. The molecule has 1 aliphatic rings. The van der Waals surface area contributed by atoms with Crippen LogP contribution in [0.25, 0.3) is 0 Å². The molecule has 0 saturated carbocycles. The quantitative estimate of drug-likeness (QED) is 0.675. The zero-order valence-electron chi connectivity index (χ0n) is 8.99. The average molecular weight is 203 g/mol. The molecule has 5 nitrogen and oxygen atoms in total. The Morgan fingerprint density at radius 1 is 1.57 bits per heavy atom. The summed E-state index contributed by atoms with van der Waals surface area (Å²) in [6.07, 6.45) is 0.466. The third-order valence-corrected chi connectivity index (χ3v) is 2.49. The monoisotopic (exact) mass is 203 g/mol. The van der Waals surface area contributed by atoms with Crippen molar-refractivity contribution in [2.24, 2.45) is 5.92 Å². The molecule has 82 valence electrons. The van der Waals surface area contributed by atoms with Gasteiger partial charge in [-0.1, -0.05) is 13.8 Å². The van der Waals surface area contributed by atoms with E-state index in [2.05, 4.69) is 10.2 Å². The van der Waals surface area contributed by atoms with Gasteiger partial charge in [-0.25, -0.2) is 4.79 Å². The van der Waals surface area contributed by atoms with Crippen molar-refractivity contribution >= 4 is 5.97 Å². The van der Waals surface area contributed by atoms with E-state index in [9.17, 15) is 4.79 Å². The van der Waals surface area contributed by atoms with E-state index in [0.717, 1.165) is 0 Å². The van der Waals surface area contributed by atoms with Crippen molar-refractivity contribution in [3.8, 4) is 0 Å². The van der Waals surface area contributed by atoms with Crippen molar-refractivity contribution in [2.45, 2.75) is 32.1 Å². The highest BCUT2D eigenvalue weighted by Gasteiger charge is 2.49. The highest BCUT2D eigenvalue weighted by Crippen LogP contribution is 2.29. The number of ether oxygens (including phenoxy) is 2. The highest BCUT2D eigenvalue weighted by atomic mass is 16.8. The summed E-state index contributed by atoms with van der Waals surface area (Å²) in [5.74, 6) is -1.41. The number of hydrogen-bond donors (Lipinski definition) is 1. The van der Waals surface area contributed by atoms with Crippen LogP contribution >= 0.6 is 0 Å². The van der Waals surface area contributed by atoms with E-state index in [-0.39, 0.29) is 6.04 Å². The van der Waals surface area contributed by atoms with Gasteiger partial charge >= 0.3 is 5.97 Å². The molecule has 1 heterocycles. The Labute approximate surface area is 83.7 Å². The second-order valence-corrected chi connectivity index (χ2v) is 3.72. The predicted octanol–water partition coefficient (Wildman–Crippen LogP) is 0.452. The molecular weight excluding hydrogens is 186 g/mol. The molecule has 1 rings (SSSR count). The fourth-order valence-corrected chi connectivity index (χ4v) is 1.40. The summed E-state index contributed by atoms with van der Waals surface area (Å²) in [7, 11) is 2.75. The van der Waals surface area contributed by atoms with Crippen molar-refractivity contribution in [3.05, 3.63) is 0 Å². The number of hydroxylamine groups is 1. The first-order valence-electron chi connectivity index (χ1n) is 4.63. The summed E-state index contributed by atoms with van der Waals surface area (Å²) >= 11 is 0. The molecule has 2 atom stereocenters. The van der Waals surface area contributed by atoms with E-state index in [4.69, 9.17) is 9.57 Å². The van der Waals surface area contributed by atoms with Gasteiger partial charge in [0.2, 0.25) is 0 Å². The normalized spacial score (nSPS) is 32.2. The Kier molecular flexibility index (Phi) is 3.47. The lowest BCUT2D eigenvalue weighted by Gasteiger charge is -2.21. The molecule has 0 spiro atoms. The van der Waals surface area contributed by atoms with Crippen molar-refractivity contribution < 1.29 is 19.1 Å². The van der Waals surface area contributed by atoms with E-state index in [1.54, 1.807) is 0 Å². The van der Waals surface area contributed by atoms with Crippen LogP contribution in [0.2, 0.25) is 0 Å². The van der Waals surface area contributed by atoms with Gasteiger partial charge in [-0.15, -0.1) is 0 Å². The molecule has 1 saturated heterocycles. The van der Waals surface area contributed by atoms with Gasteiger partial charge in [-0.2, -0.15) is 5.48 Å². The third kappa shape index (κ3) is 1.89. The van der Waals surface area contributed by atoms with E-state index in [1.807, 2.05) is 13.8 Å². The number of hydrogen-bond acceptors (Lipinski definition) is 5. The van der Waals surface area contributed by atoms with Gasteiger partial charge in [0.1, 0.15) is 0 Å². The molecule has 1 N–H and O–H groups in total. The zero-order valence-corrected chi connectivity index (χ0v) is 8.99. The number of rotatable bonds is 3. The minimum Gasteiger partial charge on any atom is -0.465 e. The van der Waals surface area contributed by atoms with Gasteiger partial charge in [-0.3, -0.25) is 4.84 Å². The topological polar surface area (TPSA) is 56.8 Å². The Morgan fingerprint density at radius 2 is 2.21 bits per heavy atom. The summed E-state index contributed by atoms with van der Waals surface area (Å²) in [5.41, 5.74) is 2.79. The lowest BCUT2D eigenvalue weighted by atomic mass is 9.98. The molecule has 14 heavy (non-hydrogen) atoms. The minimum atomic E-state index is -1.27. The van der Waals surface area contributed by atoms with Gasteiger partial charge in [0.15, 0.2) is 0 Å². The Morgan fingerprint density at radius 3 is 2.57 bits per heavy atom. The van der Waals surface area contributed by atoms with E-state index in [1.165, 1.54) is 14.2 Å². The maximum Gasteiger partial charge on any atom is 0.368 e. The maximum atomic E-state index is 11.4. The molecule has 0 bridgehead atoms. The lowest BCUT2D eigenvalue weighted by Crippen LogP contribution is -2.42. The molecule has 1 unspecified atom stereocenters. The van der Waals surface area contributed by atoms with Crippen LogP contribution in [0.15, 0.2) is 0 Å². The maximum absolute atomic E-state index is 11.4. The smallest absolute Gasteiger partial charge is 0.368 e. The summed E-state index contributed by atoms with van der Waals surface area (Å²) in [5, 5.41) is 0. The second kappa shape index (κ2) is 4.25. The van der Waals surface area contributed by atoms with Gasteiger partial charge in [0, 0.05) is 19.6 Å². The standard InChI is InChI=1S/C9H17NO4/c1-6(2)7-5-9(13-4,14-10-7)8(11)12-3/h6-7,10H,5H2,1-4H3/t7-,9?/m0/s1.